The molecule has 0 radical (unpaired) electrons. The van der Waals surface area contributed by atoms with Crippen molar-refractivity contribution in [3.8, 4) is 11.5 Å². The van der Waals surface area contributed by atoms with Crippen molar-refractivity contribution in [1.29, 1.82) is 0 Å². The first-order valence-corrected chi connectivity index (χ1v) is 8.74. The number of thioether (sulfide) groups is 1. The Morgan fingerprint density at radius 2 is 2.21 bits per heavy atom. The Morgan fingerprint density at radius 3 is 2.96 bits per heavy atom. The van der Waals surface area contributed by atoms with Gasteiger partial charge in [0.25, 0.3) is 0 Å². The van der Waals surface area contributed by atoms with Crippen LogP contribution in [0.4, 0.5) is 0 Å². The second-order valence-corrected chi connectivity index (χ2v) is 7.30. The Bertz CT molecular complexity index is 924. The van der Waals surface area contributed by atoms with Crippen molar-refractivity contribution in [2.24, 2.45) is 0 Å². The summed E-state index contributed by atoms with van der Waals surface area (Å²) in [5, 5.41) is 15.5. The Morgan fingerprint density at radius 1 is 1.38 bits per heavy atom. The van der Waals surface area contributed by atoms with Gasteiger partial charge in [-0.25, -0.2) is 9.89 Å². The molecule has 24 heavy (non-hydrogen) atoms. The van der Waals surface area contributed by atoms with Gasteiger partial charge in [-0.3, -0.25) is 4.57 Å². The van der Waals surface area contributed by atoms with Gasteiger partial charge in [0, 0.05) is 11.6 Å². The quantitative estimate of drug-likeness (QED) is 0.716. The maximum absolute atomic E-state index is 11.8. The molecule has 1 aliphatic rings. The summed E-state index contributed by atoms with van der Waals surface area (Å²) in [7, 11) is 0. The minimum Gasteiger partial charge on any atom is -0.419 e. The Balaban J connectivity index is 1.55. The number of benzene rings is 1. The van der Waals surface area contributed by atoms with Crippen LogP contribution in [0.2, 0.25) is 0 Å². The minimum absolute atomic E-state index is 0.0937. The van der Waals surface area contributed by atoms with E-state index in [-0.39, 0.29) is 17.0 Å². The maximum atomic E-state index is 11.8. The average Bonchev–Trinajstić information content (AvgIpc) is 3.14. The molecule has 0 saturated heterocycles. The second-order valence-electron chi connectivity index (χ2n) is 5.99. The first kappa shape index (κ1) is 15.2. The molecule has 8 heteroatoms. The van der Waals surface area contributed by atoms with E-state index in [1.165, 1.54) is 11.8 Å². The van der Waals surface area contributed by atoms with Gasteiger partial charge in [-0.15, -0.1) is 15.3 Å². The molecule has 4 rings (SSSR count). The zero-order valence-corrected chi connectivity index (χ0v) is 14.2. The molecule has 0 aliphatic heterocycles. The number of hydrogen-bond acceptors (Lipinski definition) is 6. The van der Waals surface area contributed by atoms with Crippen LogP contribution in [0.25, 0.3) is 11.5 Å². The highest BCUT2D eigenvalue weighted by Crippen LogP contribution is 2.39. The molecular weight excluding hydrogens is 326 g/mol. The van der Waals surface area contributed by atoms with Crippen molar-refractivity contribution in [3.63, 3.8) is 0 Å². The molecule has 124 valence electrons. The van der Waals surface area contributed by atoms with Crippen molar-refractivity contribution in [2.45, 2.75) is 43.1 Å². The van der Waals surface area contributed by atoms with Gasteiger partial charge in [0.2, 0.25) is 11.8 Å². The Labute approximate surface area is 142 Å². The van der Waals surface area contributed by atoms with E-state index in [4.69, 9.17) is 4.42 Å². The number of nitrogens with one attached hydrogen (secondary N) is 1. The summed E-state index contributed by atoms with van der Waals surface area (Å²) >= 11 is 1.45. The fraction of sp³-hybridized carbons (Fsp3) is 0.375. The molecule has 2 heterocycles. The number of aromatic amines is 1. The largest absolute Gasteiger partial charge is 0.419 e. The molecule has 0 bridgehead atoms. The highest BCUT2D eigenvalue weighted by molar-refractivity contribution is 7.99. The molecule has 1 N–H and O–H groups in total. The van der Waals surface area contributed by atoms with E-state index in [1.54, 1.807) is 4.57 Å². The first-order valence-electron chi connectivity index (χ1n) is 7.86. The number of aryl methyl sites for hydroxylation is 1. The fourth-order valence-corrected chi connectivity index (χ4v) is 3.49. The Hall–Kier alpha value is -2.35. The summed E-state index contributed by atoms with van der Waals surface area (Å²) in [6.07, 6.45) is 2.05. The summed E-state index contributed by atoms with van der Waals surface area (Å²) in [5.41, 5.74) is 1.89. The van der Waals surface area contributed by atoms with Crippen LogP contribution in [0.3, 0.4) is 0 Å². The van der Waals surface area contributed by atoms with E-state index in [0.29, 0.717) is 16.9 Å². The van der Waals surface area contributed by atoms with Gasteiger partial charge < -0.3 is 4.42 Å². The summed E-state index contributed by atoms with van der Waals surface area (Å²) in [5.74, 6) is 1.03. The topological polar surface area (TPSA) is 89.6 Å². The lowest BCUT2D eigenvalue weighted by Gasteiger charge is -2.07. The van der Waals surface area contributed by atoms with Gasteiger partial charge in [-0.1, -0.05) is 29.5 Å². The molecule has 1 aliphatic carbocycles. The molecule has 1 atom stereocenters. The van der Waals surface area contributed by atoms with Crippen molar-refractivity contribution in [3.05, 3.63) is 46.2 Å². The van der Waals surface area contributed by atoms with Crippen molar-refractivity contribution < 1.29 is 4.42 Å². The standard InChI is InChI=1S/C16H17N5O2S/c1-9-4-3-5-11(8-9)14-18-17-13(23-14)10(2)24-16-20-19-15(22)21(16)12-6-7-12/h3-5,8,10,12H,6-7H2,1-2H3,(H,19,22)/t10-/m1/s1. The zero-order chi connectivity index (χ0) is 16.7. The SMILES string of the molecule is Cc1cccc(-c2nnc([C@@H](C)Sc3n[nH]c(=O)n3C3CC3)o2)c1. The van der Waals surface area contributed by atoms with Gasteiger partial charge in [0.15, 0.2) is 5.16 Å². The van der Waals surface area contributed by atoms with Gasteiger partial charge in [0.05, 0.1) is 5.25 Å². The predicted molar refractivity (Wildman–Crippen MR) is 89.9 cm³/mol. The number of H-pyrrole nitrogens is 1. The molecule has 7 nitrogen and oxygen atoms in total. The van der Waals surface area contributed by atoms with E-state index in [9.17, 15) is 4.79 Å². The maximum Gasteiger partial charge on any atom is 0.344 e. The number of nitrogens with zero attached hydrogens (tertiary/aromatic N) is 4. The highest BCUT2D eigenvalue weighted by Gasteiger charge is 2.30. The molecule has 1 fully saturated rings. The third-order valence-corrected chi connectivity index (χ3v) is 4.97. The van der Waals surface area contributed by atoms with E-state index in [1.807, 2.05) is 38.1 Å². The smallest absolute Gasteiger partial charge is 0.344 e. The highest BCUT2D eigenvalue weighted by atomic mass is 32.2. The average molecular weight is 343 g/mol. The summed E-state index contributed by atoms with van der Waals surface area (Å²) in [6, 6.07) is 8.21. The zero-order valence-electron chi connectivity index (χ0n) is 13.4. The number of rotatable bonds is 5. The van der Waals surface area contributed by atoms with Crippen LogP contribution in [0.1, 0.15) is 42.5 Å². The molecule has 0 unspecified atom stereocenters. The van der Waals surface area contributed by atoms with Crippen LogP contribution in [-0.4, -0.2) is 25.0 Å². The van der Waals surface area contributed by atoms with E-state index < -0.39 is 0 Å². The van der Waals surface area contributed by atoms with E-state index in [2.05, 4.69) is 20.4 Å². The lowest BCUT2D eigenvalue weighted by molar-refractivity contribution is 0.508. The molecule has 1 saturated carbocycles. The van der Waals surface area contributed by atoms with Crippen LogP contribution in [-0.2, 0) is 0 Å². The van der Waals surface area contributed by atoms with Crippen molar-refractivity contribution >= 4 is 11.8 Å². The Kier molecular flexibility index (Phi) is 3.76. The fourth-order valence-electron chi connectivity index (χ4n) is 2.53. The molecule has 3 aromatic rings. The summed E-state index contributed by atoms with van der Waals surface area (Å²) < 4.78 is 7.53. The van der Waals surface area contributed by atoms with Gasteiger partial charge in [-0.2, -0.15) is 0 Å². The summed E-state index contributed by atoms with van der Waals surface area (Å²) in [6.45, 7) is 3.99. The van der Waals surface area contributed by atoms with E-state index in [0.717, 1.165) is 24.0 Å². The molecule has 0 spiro atoms. The predicted octanol–water partition coefficient (Wildman–Crippen LogP) is 3.12. The number of aromatic nitrogens is 5. The van der Waals surface area contributed by atoms with Gasteiger partial charge in [-0.05, 0) is 38.8 Å². The minimum atomic E-state index is -0.154. The molecular formula is C16H17N5O2S. The monoisotopic (exact) mass is 343 g/mol. The number of hydrogen-bond donors (Lipinski definition) is 1. The molecule has 0 amide bonds. The van der Waals surface area contributed by atoms with E-state index >= 15 is 0 Å². The molecule has 1 aromatic carbocycles. The van der Waals surface area contributed by atoms with Crippen molar-refractivity contribution in [1.82, 2.24) is 25.0 Å². The van der Waals surface area contributed by atoms with Gasteiger partial charge >= 0.3 is 5.69 Å². The lowest BCUT2D eigenvalue weighted by Crippen LogP contribution is -2.16. The van der Waals surface area contributed by atoms with Crippen LogP contribution >= 0.6 is 11.8 Å². The van der Waals surface area contributed by atoms with Crippen LogP contribution < -0.4 is 5.69 Å². The normalized spacial score (nSPS) is 15.6. The first-order chi connectivity index (χ1) is 11.6. The lowest BCUT2D eigenvalue weighted by atomic mass is 10.1. The van der Waals surface area contributed by atoms with Crippen LogP contribution in [0.5, 0.6) is 0 Å². The molecule has 2 aromatic heterocycles. The van der Waals surface area contributed by atoms with Crippen LogP contribution in [0, 0.1) is 6.92 Å². The van der Waals surface area contributed by atoms with Gasteiger partial charge in [0.1, 0.15) is 0 Å². The van der Waals surface area contributed by atoms with Crippen molar-refractivity contribution in [2.75, 3.05) is 0 Å². The third-order valence-electron chi connectivity index (χ3n) is 3.92. The van der Waals surface area contributed by atoms with Crippen LogP contribution in [0.15, 0.2) is 38.6 Å². The second kappa shape index (κ2) is 5.94. The summed E-state index contributed by atoms with van der Waals surface area (Å²) in [4.78, 5) is 11.8. The third kappa shape index (κ3) is 2.89.